The van der Waals surface area contributed by atoms with Crippen LogP contribution in [0.2, 0.25) is 0 Å². The predicted octanol–water partition coefficient (Wildman–Crippen LogP) is 3.28. The van der Waals surface area contributed by atoms with Crippen LogP contribution in [0.25, 0.3) is 0 Å². The van der Waals surface area contributed by atoms with Crippen LogP contribution in [0.15, 0.2) is 16.4 Å². The molecule has 0 spiro atoms. The highest BCUT2D eigenvalue weighted by Crippen LogP contribution is 2.24. The first-order valence-electron chi connectivity index (χ1n) is 10.9. The van der Waals surface area contributed by atoms with Gasteiger partial charge < -0.3 is 15.5 Å². The van der Waals surface area contributed by atoms with Crippen LogP contribution in [0.3, 0.4) is 0 Å². The number of aliphatic imine (C=N–C) groups is 1. The standard InChI is InChI=1S/C21H34N4O2S2.HI/c1-3-22-21(24-17-6-5-7-18(14-17)29(27)4-2)23-11-8-20(26)25-12-9-19-16(15-25)10-13-28-19;/h10,13,17-18H,3-9,11-12,14-15H2,1-2H3,(H2,22,23,24);1H. The number of hydrogen-bond donors (Lipinski definition) is 2. The first kappa shape index (κ1) is 25.6. The van der Waals surface area contributed by atoms with Gasteiger partial charge in [-0.25, -0.2) is 0 Å². The molecule has 3 unspecified atom stereocenters. The summed E-state index contributed by atoms with van der Waals surface area (Å²) in [7, 11) is -0.730. The average molecular weight is 567 g/mol. The third-order valence-electron chi connectivity index (χ3n) is 5.72. The molecule has 6 nitrogen and oxygen atoms in total. The second-order valence-corrected chi connectivity index (χ2v) is 10.8. The molecule has 1 aliphatic heterocycles. The van der Waals surface area contributed by atoms with Crippen LogP contribution in [0.4, 0.5) is 0 Å². The van der Waals surface area contributed by atoms with Crippen LogP contribution in [0.1, 0.15) is 56.4 Å². The maximum atomic E-state index is 12.6. The van der Waals surface area contributed by atoms with E-state index in [-0.39, 0.29) is 35.1 Å². The molecule has 1 aromatic rings. The lowest BCUT2D eigenvalue weighted by Crippen LogP contribution is -2.46. The van der Waals surface area contributed by atoms with E-state index in [9.17, 15) is 9.00 Å². The lowest BCUT2D eigenvalue weighted by atomic mass is 9.95. The summed E-state index contributed by atoms with van der Waals surface area (Å²) in [5.74, 6) is 1.68. The number of hydrogen-bond acceptors (Lipinski definition) is 4. The molecule has 9 heteroatoms. The molecule has 2 aliphatic rings. The van der Waals surface area contributed by atoms with Crippen molar-refractivity contribution in [2.75, 3.05) is 25.4 Å². The van der Waals surface area contributed by atoms with Crippen molar-refractivity contribution in [1.82, 2.24) is 15.5 Å². The highest BCUT2D eigenvalue weighted by Gasteiger charge is 2.26. The van der Waals surface area contributed by atoms with Gasteiger partial charge in [-0.2, -0.15) is 0 Å². The van der Waals surface area contributed by atoms with E-state index in [0.29, 0.717) is 19.0 Å². The number of nitrogens with one attached hydrogen (secondary N) is 2. The molecule has 2 heterocycles. The van der Waals surface area contributed by atoms with E-state index in [4.69, 9.17) is 0 Å². The third-order valence-corrected chi connectivity index (χ3v) is 8.49. The summed E-state index contributed by atoms with van der Waals surface area (Å²) in [6.07, 6.45) is 5.57. The van der Waals surface area contributed by atoms with Crippen molar-refractivity contribution in [1.29, 1.82) is 0 Å². The highest BCUT2D eigenvalue weighted by atomic mass is 127. The molecule has 1 amide bonds. The van der Waals surface area contributed by atoms with Gasteiger partial charge in [0.05, 0.1) is 6.54 Å². The number of thiophene rings is 1. The predicted molar refractivity (Wildman–Crippen MR) is 137 cm³/mol. The molecule has 0 aromatic carbocycles. The van der Waals surface area contributed by atoms with E-state index in [0.717, 1.165) is 63.5 Å². The van der Waals surface area contributed by atoms with Gasteiger partial charge in [0.1, 0.15) is 0 Å². The number of fused-ring (bicyclic) bond motifs is 1. The van der Waals surface area contributed by atoms with Gasteiger partial charge in [-0.1, -0.05) is 13.3 Å². The van der Waals surface area contributed by atoms with Crippen LogP contribution in [0, 0.1) is 0 Å². The normalized spacial score (nSPS) is 22.6. The van der Waals surface area contributed by atoms with E-state index >= 15 is 0 Å². The van der Waals surface area contributed by atoms with Gasteiger partial charge in [0.2, 0.25) is 5.91 Å². The molecule has 3 rings (SSSR count). The zero-order valence-corrected chi connectivity index (χ0v) is 22.0. The Balaban J connectivity index is 0.00000320. The summed E-state index contributed by atoms with van der Waals surface area (Å²) in [6.45, 7) is 6.85. The van der Waals surface area contributed by atoms with Crippen molar-refractivity contribution in [2.45, 2.75) is 70.2 Å². The molecule has 0 saturated heterocycles. The topological polar surface area (TPSA) is 73.8 Å². The Labute approximate surface area is 204 Å². The highest BCUT2D eigenvalue weighted by molar-refractivity contribution is 14.0. The first-order chi connectivity index (χ1) is 14.1. The number of amides is 1. The number of nitrogens with zero attached hydrogens (tertiary/aromatic N) is 2. The van der Waals surface area contributed by atoms with E-state index in [2.05, 4.69) is 27.1 Å². The molecule has 1 saturated carbocycles. The average Bonchev–Trinajstić information content (AvgIpc) is 3.21. The Morgan fingerprint density at radius 3 is 2.97 bits per heavy atom. The van der Waals surface area contributed by atoms with E-state index in [1.807, 2.05) is 18.7 Å². The Bertz CT molecular complexity index is 740. The summed E-state index contributed by atoms with van der Waals surface area (Å²) < 4.78 is 12.2. The number of guanidine groups is 1. The number of carbonyl (C=O) groups excluding carboxylic acids is 1. The molecular formula is C21H35IN4O2S2. The van der Waals surface area contributed by atoms with Gasteiger partial charge in [0.15, 0.2) is 5.96 Å². The lowest BCUT2D eigenvalue weighted by Gasteiger charge is -2.30. The Hall–Kier alpha value is -0.680. The number of rotatable bonds is 7. The molecule has 30 heavy (non-hydrogen) atoms. The summed E-state index contributed by atoms with van der Waals surface area (Å²) >= 11 is 1.79. The van der Waals surface area contributed by atoms with E-state index < -0.39 is 10.8 Å². The van der Waals surface area contributed by atoms with Crippen molar-refractivity contribution in [2.24, 2.45) is 4.99 Å². The second kappa shape index (κ2) is 13.0. The Morgan fingerprint density at radius 2 is 2.20 bits per heavy atom. The quantitative estimate of drug-likeness (QED) is 0.302. The van der Waals surface area contributed by atoms with Gasteiger partial charge in [0.25, 0.3) is 0 Å². The Morgan fingerprint density at radius 1 is 1.37 bits per heavy atom. The minimum atomic E-state index is -0.730. The molecule has 3 atom stereocenters. The smallest absolute Gasteiger partial charge is 0.224 e. The summed E-state index contributed by atoms with van der Waals surface area (Å²) in [5, 5.41) is 9.20. The number of halogens is 1. The van der Waals surface area contributed by atoms with Crippen molar-refractivity contribution < 1.29 is 9.00 Å². The van der Waals surface area contributed by atoms with E-state index in [1.165, 1.54) is 10.4 Å². The van der Waals surface area contributed by atoms with E-state index in [1.54, 1.807) is 11.3 Å². The molecular weight excluding hydrogens is 531 g/mol. The second-order valence-electron chi connectivity index (χ2n) is 7.74. The molecule has 2 N–H and O–H groups in total. The maximum Gasteiger partial charge on any atom is 0.224 e. The molecule has 170 valence electrons. The summed E-state index contributed by atoms with van der Waals surface area (Å²) in [5.41, 5.74) is 1.30. The number of carbonyl (C=O) groups is 1. The summed E-state index contributed by atoms with van der Waals surface area (Å²) in [6, 6.07) is 2.44. The first-order valence-corrected chi connectivity index (χ1v) is 13.1. The van der Waals surface area contributed by atoms with Gasteiger partial charge >= 0.3 is 0 Å². The SMILES string of the molecule is CCNC(=NCCC(=O)N1CCc2sccc2C1)NC1CCCC(S(=O)CC)C1.I. The van der Waals surface area contributed by atoms with Crippen LogP contribution < -0.4 is 10.6 Å². The van der Waals surface area contributed by atoms with Gasteiger partial charge in [-0.05, 0) is 49.6 Å². The van der Waals surface area contributed by atoms with Crippen LogP contribution in [-0.4, -0.2) is 57.7 Å². The molecule has 1 aromatic heterocycles. The third kappa shape index (κ3) is 7.19. The molecule has 0 bridgehead atoms. The van der Waals surface area contributed by atoms with Crippen molar-refractivity contribution in [3.8, 4) is 0 Å². The molecule has 0 radical (unpaired) electrons. The fourth-order valence-electron chi connectivity index (χ4n) is 4.15. The largest absolute Gasteiger partial charge is 0.357 e. The minimum Gasteiger partial charge on any atom is -0.357 e. The fraction of sp³-hybridized carbons (Fsp3) is 0.714. The molecule has 1 fully saturated rings. The van der Waals surface area contributed by atoms with Gasteiger partial charge in [0, 0.05) is 58.8 Å². The van der Waals surface area contributed by atoms with Crippen LogP contribution >= 0.6 is 35.3 Å². The van der Waals surface area contributed by atoms with Gasteiger partial charge in [-0.15, -0.1) is 35.3 Å². The maximum absolute atomic E-state index is 12.6. The zero-order chi connectivity index (χ0) is 20.6. The monoisotopic (exact) mass is 566 g/mol. The van der Waals surface area contributed by atoms with Crippen molar-refractivity contribution in [3.63, 3.8) is 0 Å². The minimum absolute atomic E-state index is 0. The van der Waals surface area contributed by atoms with Crippen LogP contribution in [0.5, 0.6) is 0 Å². The van der Waals surface area contributed by atoms with Crippen molar-refractivity contribution >= 4 is 58.0 Å². The lowest BCUT2D eigenvalue weighted by molar-refractivity contribution is -0.131. The molecule has 1 aliphatic carbocycles. The summed E-state index contributed by atoms with van der Waals surface area (Å²) in [4.78, 5) is 20.6. The fourth-order valence-corrected chi connectivity index (χ4v) is 6.38. The van der Waals surface area contributed by atoms with Crippen LogP contribution in [-0.2, 0) is 28.6 Å². The van der Waals surface area contributed by atoms with Crippen molar-refractivity contribution in [3.05, 3.63) is 21.9 Å². The zero-order valence-electron chi connectivity index (χ0n) is 18.0. The Kier molecular flexibility index (Phi) is 11.1. The van der Waals surface area contributed by atoms with Gasteiger partial charge in [-0.3, -0.25) is 14.0 Å².